The van der Waals surface area contributed by atoms with E-state index >= 15 is 0 Å². The molecular weight excluding hydrogens is 278 g/mol. The van der Waals surface area contributed by atoms with Crippen molar-refractivity contribution < 1.29 is 0 Å². The van der Waals surface area contributed by atoms with Gasteiger partial charge in [-0.1, -0.05) is 19.8 Å². The predicted molar refractivity (Wildman–Crippen MR) is 92.6 cm³/mol. The van der Waals surface area contributed by atoms with Crippen LogP contribution in [0.2, 0.25) is 0 Å². The normalized spacial score (nSPS) is 19.4. The molecule has 3 N–H and O–H groups in total. The minimum absolute atomic E-state index is 0.0927. The van der Waals surface area contributed by atoms with Gasteiger partial charge in [-0.2, -0.15) is 0 Å². The van der Waals surface area contributed by atoms with Gasteiger partial charge in [0, 0.05) is 27.8 Å². The molecule has 1 aromatic rings. The Kier molecular flexibility index (Phi) is 6.23. The van der Waals surface area contributed by atoms with Gasteiger partial charge < -0.3 is 0 Å². The molecule has 0 spiro atoms. The molecule has 0 radical (unpaired) electrons. The molecule has 1 saturated heterocycles. The molecule has 21 heavy (non-hydrogen) atoms. The highest BCUT2D eigenvalue weighted by atomic mass is 32.1. The molecule has 0 amide bonds. The van der Waals surface area contributed by atoms with Crippen molar-refractivity contribution in [2.45, 2.75) is 70.9 Å². The van der Waals surface area contributed by atoms with Gasteiger partial charge in [-0.05, 0) is 58.3 Å². The lowest BCUT2D eigenvalue weighted by atomic mass is 9.89. The summed E-state index contributed by atoms with van der Waals surface area (Å²) in [5.74, 6) is 5.92. The van der Waals surface area contributed by atoms with Crippen molar-refractivity contribution in [2.75, 3.05) is 13.1 Å². The van der Waals surface area contributed by atoms with Crippen LogP contribution in [0, 0.1) is 0 Å². The quantitative estimate of drug-likeness (QED) is 0.625. The molecule has 0 aromatic carbocycles. The third kappa shape index (κ3) is 4.28. The Morgan fingerprint density at radius 2 is 1.81 bits per heavy atom. The smallest absolute Gasteiger partial charge is 0.0437 e. The fourth-order valence-corrected chi connectivity index (χ4v) is 4.31. The molecule has 3 nitrogen and oxygen atoms in total. The number of likely N-dealkylation sites (tertiary alicyclic amines) is 1. The van der Waals surface area contributed by atoms with Gasteiger partial charge in [-0.25, -0.2) is 0 Å². The highest BCUT2D eigenvalue weighted by Crippen LogP contribution is 2.27. The summed E-state index contributed by atoms with van der Waals surface area (Å²) in [7, 11) is 0. The first-order chi connectivity index (χ1) is 10.1. The van der Waals surface area contributed by atoms with Crippen LogP contribution in [-0.4, -0.2) is 29.6 Å². The number of hydrogen-bond acceptors (Lipinski definition) is 4. The summed E-state index contributed by atoms with van der Waals surface area (Å²) >= 11 is 1.93. The SMILES string of the molecule is CCc1ccc(CC(NN)C(C)(C)N2CCCCCC2)s1. The Morgan fingerprint density at radius 3 is 2.33 bits per heavy atom. The average molecular weight is 310 g/mol. The van der Waals surface area contributed by atoms with Crippen molar-refractivity contribution in [3.8, 4) is 0 Å². The summed E-state index contributed by atoms with van der Waals surface area (Å²) in [4.78, 5) is 5.55. The standard InChI is InChI=1S/C17H31N3S/c1-4-14-9-10-15(21-14)13-16(19-18)17(2,3)20-11-7-5-6-8-12-20/h9-10,16,19H,4-8,11-13,18H2,1-3H3. The summed E-state index contributed by atoms with van der Waals surface area (Å²) in [6.07, 6.45) is 7.53. The fourth-order valence-electron chi connectivity index (χ4n) is 3.30. The van der Waals surface area contributed by atoms with E-state index in [0.717, 1.165) is 12.8 Å². The monoisotopic (exact) mass is 309 g/mol. The first kappa shape index (κ1) is 16.9. The fraction of sp³-hybridized carbons (Fsp3) is 0.765. The number of rotatable bonds is 6. The van der Waals surface area contributed by atoms with Crippen LogP contribution in [0.1, 0.15) is 56.2 Å². The lowest BCUT2D eigenvalue weighted by Crippen LogP contribution is -2.60. The van der Waals surface area contributed by atoms with Gasteiger partial charge in [0.2, 0.25) is 0 Å². The number of nitrogens with two attached hydrogens (primary N) is 1. The van der Waals surface area contributed by atoms with E-state index in [1.807, 2.05) is 11.3 Å². The minimum atomic E-state index is 0.0927. The van der Waals surface area contributed by atoms with Crippen LogP contribution >= 0.6 is 11.3 Å². The van der Waals surface area contributed by atoms with E-state index in [1.54, 1.807) is 0 Å². The van der Waals surface area contributed by atoms with E-state index < -0.39 is 0 Å². The number of thiophene rings is 1. The third-order valence-electron chi connectivity index (χ3n) is 4.95. The van der Waals surface area contributed by atoms with Crippen molar-refractivity contribution in [1.29, 1.82) is 0 Å². The summed E-state index contributed by atoms with van der Waals surface area (Å²) in [6, 6.07) is 4.82. The highest BCUT2D eigenvalue weighted by molar-refractivity contribution is 7.11. The zero-order chi connectivity index (χ0) is 15.3. The number of nitrogens with zero attached hydrogens (tertiary/aromatic N) is 1. The maximum Gasteiger partial charge on any atom is 0.0437 e. The van der Waals surface area contributed by atoms with Gasteiger partial charge in [0.05, 0.1) is 0 Å². The first-order valence-corrected chi connectivity index (χ1v) is 9.18. The summed E-state index contributed by atoms with van der Waals surface area (Å²) in [5, 5.41) is 0. The van der Waals surface area contributed by atoms with Crippen LogP contribution in [-0.2, 0) is 12.8 Å². The van der Waals surface area contributed by atoms with E-state index in [9.17, 15) is 0 Å². The maximum atomic E-state index is 5.92. The highest BCUT2D eigenvalue weighted by Gasteiger charge is 2.35. The largest absolute Gasteiger partial charge is 0.297 e. The van der Waals surface area contributed by atoms with Gasteiger partial charge >= 0.3 is 0 Å². The van der Waals surface area contributed by atoms with Crippen LogP contribution in [0.25, 0.3) is 0 Å². The number of nitrogens with one attached hydrogen (secondary N) is 1. The van der Waals surface area contributed by atoms with Gasteiger partial charge in [-0.3, -0.25) is 16.2 Å². The van der Waals surface area contributed by atoms with Crippen molar-refractivity contribution >= 4 is 11.3 Å². The minimum Gasteiger partial charge on any atom is -0.297 e. The average Bonchev–Trinajstić information content (AvgIpc) is 2.74. The second kappa shape index (κ2) is 7.73. The van der Waals surface area contributed by atoms with Gasteiger partial charge in [-0.15, -0.1) is 11.3 Å². The van der Waals surface area contributed by atoms with E-state index in [0.29, 0.717) is 6.04 Å². The number of hydrazine groups is 1. The van der Waals surface area contributed by atoms with Gasteiger partial charge in [0.15, 0.2) is 0 Å². The topological polar surface area (TPSA) is 41.3 Å². The second-order valence-electron chi connectivity index (χ2n) is 6.70. The molecule has 2 heterocycles. The van der Waals surface area contributed by atoms with E-state index in [1.165, 1.54) is 48.5 Å². The van der Waals surface area contributed by atoms with Crippen molar-refractivity contribution in [2.24, 2.45) is 5.84 Å². The number of aryl methyl sites for hydroxylation is 1. The Morgan fingerprint density at radius 1 is 1.19 bits per heavy atom. The van der Waals surface area contributed by atoms with E-state index in [-0.39, 0.29) is 5.54 Å². The van der Waals surface area contributed by atoms with Crippen LogP contribution in [0.15, 0.2) is 12.1 Å². The molecule has 0 bridgehead atoms. The summed E-state index contributed by atoms with van der Waals surface area (Å²) in [6.45, 7) is 9.31. The van der Waals surface area contributed by atoms with E-state index in [4.69, 9.17) is 5.84 Å². The molecule has 1 aliphatic rings. The lowest BCUT2D eigenvalue weighted by molar-refractivity contribution is 0.0838. The van der Waals surface area contributed by atoms with Gasteiger partial charge in [0.1, 0.15) is 0 Å². The predicted octanol–water partition coefficient (Wildman–Crippen LogP) is 3.34. The zero-order valence-corrected chi connectivity index (χ0v) is 14.6. The first-order valence-electron chi connectivity index (χ1n) is 8.36. The Labute approximate surface area is 133 Å². The maximum absolute atomic E-state index is 5.92. The summed E-state index contributed by atoms with van der Waals surface area (Å²) in [5.41, 5.74) is 3.19. The summed E-state index contributed by atoms with van der Waals surface area (Å²) < 4.78 is 0. The Bertz CT molecular complexity index is 419. The van der Waals surface area contributed by atoms with Crippen molar-refractivity contribution in [3.05, 3.63) is 21.9 Å². The molecule has 2 rings (SSSR count). The number of hydrogen-bond donors (Lipinski definition) is 2. The molecule has 1 unspecified atom stereocenters. The Balaban J connectivity index is 2.06. The molecule has 0 saturated carbocycles. The van der Waals surface area contributed by atoms with Crippen molar-refractivity contribution in [1.82, 2.24) is 10.3 Å². The van der Waals surface area contributed by atoms with Crippen LogP contribution in [0.3, 0.4) is 0 Å². The third-order valence-corrected chi connectivity index (χ3v) is 6.20. The van der Waals surface area contributed by atoms with Crippen molar-refractivity contribution in [3.63, 3.8) is 0 Å². The Hall–Kier alpha value is -0.420. The molecular formula is C17H31N3S. The molecule has 0 aliphatic carbocycles. The van der Waals surface area contributed by atoms with Gasteiger partial charge in [0.25, 0.3) is 0 Å². The molecule has 120 valence electrons. The zero-order valence-electron chi connectivity index (χ0n) is 13.8. The lowest BCUT2D eigenvalue weighted by Gasteiger charge is -2.43. The molecule has 1 aliphatic heterocycles. The van der Waals surface area contributed by atoms with Crippen LogP contribution in [0.5, 0.6) is 0 Å². The molecule has 1 fully saturated rings. The molecule has 1 aromatic heterocycles. The molecule has 4 heteroatoms. The molecule has 1 atom stereocenters. The van der Waals surface area contributed by atoms with E-state index in [2.05, 4.69) is 43.2 Å². The van der Waals surface area contributed by atoms with Crippen LogP contribution < -0.4 is 11.3 Å². The van der Waals surface area contributed by atoms with Crippen LogP contribution in [0.4, 0.5) is 0 Å². The second-order valence-corrected chi connectivity index (χ2v) is 7.95.